The predicted octanol–water partition coefficient (Wildman–Crippen LogP) is 2.41. The summed E-state index contributed by atoms with van der Waals surface area (Å²) >= 11 is 0. The first kappa shape index (κ1) is 15.5. The third kappa shape index (κ3) is 2.62. The van der Waals surface area contributed by atoms with Crippen molar-refractivity contribution in [3.63, 3.8) is 0 Å². The van der Waals surface area contributed by atoms with Gasteiger partial charge in [0.2, 0.25) is 10.0 Å². The van der Waals surface area contributed by atoms with Crippen molar-refractivity contribution < 1.29 is 13.2 Å². The number of hydrogen-bond donors (Lipinski definition) is 0. The van der Waals surface area contributed by atoms with E-state index in [-0.39, 0.29) is 12.1 Å². The van der Waals surface area contributed by atoms with Crippen molar-refractivity contribution in [1.29, 1.82) is 0 Å². The molecule has 4 nitrogen and oxygen atoms in total. The molecule has 5 heteroatoms. The molecule has 2 rings (SSSR count). The van der Waals surface area contributed by atoms with Crippen LogP contribution in [0.25, 0.3) is 0 Å². The van der Waals surface area contributed by atoms with Crippen molar-refractivity contribution in [2.75, 3.05) is 13.2 Å². The van der Waals surface area contributed by atoms with Gasteiger partial charge in [-0.1, -0.05) is 17.7 Å². The Bertz CT molecular complexity index is 577. The molecular weight excluding hydrogens is 274 g/mol. The molecule has 1 aromatic carbocycles. The Hall–Kier alpha value is -0.910. The summed E-state index contributed by atoms with van der Waals surface area (Å²) in [6, 6.07) is 3.58. The van der Waals surface area contributed by atoms with Gasteiger partial charge in [0.05, 0.1) is 18.1 Å². The van der Waals surface area contributed by atoms with Crippen LogP contribution in [0.5, 0.6) is 0 Å². The van der Waals surface area contributed by atoms with E-state index in [1.165, 1.54) is 0 Å². The second-order valence-electron chi connectivity index (χ2n) is 5.80. The molecule has 20 heavy (non-hydrogen) atoms. The van der Waals surface area contributed by atoms with Crippen LogP contribution in [-0.2, 0) is 14.8 Å². The summed E-state index contributed by atoms with van der Waals surface area (Å²) in [7, 11) is -3.49. The third-order valence-electron chi connectivity index (χ3n) is 3.73. The Labute approximate surface area is 121 Å². The van der Waals surface area contributed by atoms with Crippen LogP contribution in [0.1, 0.15) is 30.5 Å². The quantitative estimate of drug-likeness (QED) is 0.842. The minimum Gasteiger partial charge on any atom is -0.378 e. The van der Waals surface area contributed by atoms with Crippen molar-refractivity contribution in [3.8, 4) is 0 Å². The van der Waals surface area contributed by atoms with E-state index in [0.717, 1.165) is 16.7 Å². The van der Waals surface area contributed by atoms with Crippen molar-refractivity contribution in [2.24, 2.45) is 0 Å². The first-order valence-electron chi connectivity index (χ1n) is 6.94. The Morgan fingerprint density at radius 3 is 1.95 bits per heavy atom. The second kappa shape index (κ2) is 5.47. The van der Waals surface area contributed by atoms with Gasteiger partial charge in [-0.2, -0.15) is 4.31 Å². The Morgan fingerprint density at radius 1 is 1.05 bits per heavy atom. The highest BCUT2D eigenvalue weighted by molar-refractivity contribution is 7.89. The monoisotopic (exact) mass is 297 g/mol. The molecule has 0 saturated carbocycles. The van der Waals surface area contributed by atoms with Crippen molar-refractivity contribution in [2.45, 2.75) is 51.6 Å². The molecule has 0 spiro atoms. The molecule has 112 valence electrons. The highest BCUT2D eigenvalue weighted by atomic mass is 32.2. The second-order valence-corrected chi connectivity index (χ2v) is 7.58. The van der Waals surface area contributed by atoms with E-state index < -0.39 is 10.0 Å². The summed E-state index contributed by atoms with van der Waals surface area (Å²) in [5, 5.41) is 0. The molecular formula is C15H23NO3S. The van der Waals surface area contributed by atoms with E-state index >= 15 is 0 Å². The first-order chi connectivity index (χ1) is 9.25. The van der Waals surface area contributed by atoms with Gasteiger partial charge in [-0.05, 0) is 45.7 Å². The smallest absolute Gasteiger partial charge is 0.244 e. The summed E-state index contributed by atoms with van der Waals surface area (Å²) in [6.07, 6.45) is 0. The minimum atomic E-state index is -3.49. The number of morpholine rings is 1. The van der Waals surface area contributed by atoms with Crippen molar-refractivity contribution in [1.82, 2.24) is 4.31 Å². The normalized spacial score (nSPS) is 24.9. The van der Waals surface area contributed by atoms with Crippen LogP contribution in [0.2, 0.25) is 0 Å². The largest absolute Gasteiger partial charge is 0.378 e. The molecule has 0 aromatic heterocycles. The van der Waals surface area contributed by atoms with E-state index in [0.29, 0.717) is 18.1 Å². The standard InChI is InChI=1S/C15H23NO3S/c1-10-6-11(2)15(12(3)7-10)20(17,18)16-13(4)8-19-9-14(16)5/h6-7,13-14H,8-9H2,1-5H3. The maximum atomic E-state index is 13.0. The van der Waals surface area contributed by atoms with Crippen LogP contribution in [-0.4, -0.2) is 38.0 Å². The fraction of sp³-hybridized carbons (Fsp3) is 0.600. The van der Waals surface area contributed by atoms with Gasteiger partial charge >= 0.3 is 0 Å². The van der Waals surface area contributed by atoms with E-state index in [2.05, 4.69) is 0 Å². The zero-order chi connectivity index (χ0) is 15.1. The van der Waals surface area contributed by atoms with Crippen LogP contribution in [0.4, 0.5) is 0 Å². The molecule has 1 heterocycles. The lowest BCUT2D eigenvalue weighted by molar-refractivity contribution is 0.00633. The maximum Gasteiger partial charge on any atom is 0.244 e. The van der Waals surface area contributed by atoms with Gasteiger partial charge in [-0.25, -0.2) is 8.42 Å². The summed E-state index contributed by atoms with van der Waals surface area (Å²) in [5.41, 5.74) is 2.71. The van der Waals surface area contributed by atoms with Crippen LogP contribution in [0.3, 0.4) is 0 Å². The molecule has 2 atom stereocenters. The number of rotatable bonds is 2. The molecule has 1 aliphatic rings. The Kier molecular flexibility index (Phi) is 4.23. The molecule has 0 N–H and O–H groups in total. The molecule has 1 saturated heterocycles. The lowest BCUT2D eigenvalue weighted by atomic mass is 10.1. The number of benzene rings is 1. The summed E-state index contributed by atoms with van der Waals surface area (Å²) in [5.74, 6) is 0. The number of hydrogen-bond acceptors (Lipinski definition) is 3. The van der Waals surface area contributed by atoms with Gasteiger partial charge in [0.15, 0.2) is 0 Å². The fourth-order valence-electron chi connectivity index (χ4n) is 3.14. The van der Waals surface area contributed by atoms with Gasteiger partial charge < -0.3 is 4.74 Å². The average molecular weight is 297 g/mol. The topological polar surface area (TPSA) is 46.6 Å². The fourth-order valence-corrected chi connectivity index (χ4v) is 5.36. The zero-order valence-electron chi connectivity index (χ0n) is 12.8. The van der Waals surface area contributed by atoms with Crippen molar-refractivity contribution >= 4 is 10.0 Å². The van der Waals surface area contributed by atoms with Crippen LogP contribution in [0, 0.1) is 20.8 Å². The number of ether oxygens (including phenoxy) is 1. The Morgan fingerprint density at radius 2 is 1.50 bits per heavy atom. The molecule has 1 fully saturated rings. The SMILES string of the molecule is Cc1cc(C)c(S(=O)(=O)N2C(C)COCC2C)c(C)c1. The first-order valence-corrected chi connectivity index (χ1v) is 8.38. The Balaban J connectivity index is 2.55. The number of sulfonamides is 1. The number of aryl methyl sites for hydroxylation is 3. The lowest BCUT2D eigenvalue weighted by Gasteiger charge is -2.38. The van der Waals surface area contributed by atoms with E-state index in [1.807, 2.05) is 46.8 Å². The summed E-state index contributed by atoms with van der Waals surface area (Å²) in [6.45, 7) is 10.4. The average Bonchev–Trinajstić information content (AvgIpc) is 2.25. The van der Waals surface area contributed by atoms with Crippen molar-refractivity contribution in [3.05, 3.63) is 28.8 Å². The highest BCUT2D eigenvalue weighted by Crippen LogP contribution is 2.29. The minimum absolute atomic E-state index is 0.135. The number of nitrogens with zero attached hydrogens (tertiary/aromatic N) is 1. The van der Waals surface area contributed by atoms with E-state index in [9.17, 15) is 8.42 Å². The molecule has 0 bridgehead atoms. The highest BCUT2D eigenvalue weighted by Gasteiger charge is 2.37. The van der Waals surface area contributed by atoms with Gasteiger partial charge in [0.1, 0.15) is 0 Å². The zero-order valence-corrected chi connectivity index (χ0v) is 13.6. The van der Waals surface area contributed by atoms with Gasteiger partial charge in [0.25, 0.3) is 0 Å². The third-order valence-corrected chi connectivity index (χ3v) is 6.16. The maximum absolute atomic E-state index is 13.0. The predicted molar refractivity (Wildman–Crippen MR) is 79.4 cm³/mol. The van der Waals surface area contributed by atoms with Crippen LogP contribution < -0.4 is 0 Å². The summed E-state index contributed by atoms with van der Waals surface area (Å²) < 4.78 is 33.1. The van der Waals surface area contributed by atoms with E-state index in [4.69, 9.17) is 4.74 Å². The molecule has 0 amide bonds. The molecule has 2 unspecified atom stereocenters. The molecule has 1 aliphatic heterocycles. The van der Waals surface area contributed by atoms with Gasteiger partial charge in [0, 0.05) is 12.1 Å². The van der Waals surface area contributed by atoms with E-state index in [1.54, 1.807) is 4.31 Å². The van der Waals surface area contributed by atoms with Gasteiger partial charge in [-0.15, -0.1) is 0 Å². The molecule has 0 radical (unpaired) electrons. The molecule has 0 aliphatic carbocycles. The molecule has 1 aromatic rings. The summed E-state index contributed by atoms with van der Waals surface area (Å²) in [4.78, 5) is 0.448. The van der Waals surface area contributed by atoms with Gasteiger partial charge in [-0.3, -0.25) is 0 Å². The lowest BCUT2D eigenvalue weighted by Crippen LogP contribution is -2.52. The van der Waals surface area contributed by atoms with Crippen LogP contribution in [0.15, 0.2) is 17.0 Å². The van der Waals surface area contributed by atoms with Crippen LogP contribution >= 0.6 is 0 Å².